The first-order valence-electron chi connectivity index (χ1n) is 10.8. The topological polar surface area (TPSA) is 53.2 Å². The first-order chi connectivity index (χ1) is 15.5. The predicted molar refractivity (Wildman–Crippen MR) is 135 cm³/mol. The number of hydrogen-bond acceptors (Lipinski definition) is 2. The molecule has 1 aliphatic heterocycles. The molecule has 1 atom stereocenters. The fourth-order valence-corrected chi connectivity index (χ4v) is 4.15. The summed E-state index contributed by atoms with van der Waals surface area (Å²) >= 11 is 5.52. The Morgan fingerprint density at radius 1 is 0.938 bits per heavy atom. The second kappa shape index (κ2) is 9.79. The SMILES string of the molecule is CC(C)Cc1ccc(C2NC(=S)NC(c3ccccc3)=C2C(=O)Nc2ccccc2)cc1. The van der Waals surface area contributed by atoms with Crippen molar-refractivity contribution in [3.05, 3.63) is 107 Å². The maximum absolute atomic E-state index is 13.6. The number of thiocarbonyl (C=S) groups is 1. The Hall–Kier alpha value is -3.44. The highest BCUT2D eigenvalue weighted by atomic mass is 32.1. The van der Waals surface area contributed by atoms with Crippen molar-refractivity contribution in [3.63, 3.8) is 0 Å². The highest BCUT2D eigenvalue weighted by molar-refractivity contribution is 7.80. The van der Waals surface area contributed by atoms with Crippen molar-refractivity contribution in [2.75, 3.05) is 5.32 Å². The van der Waals surface area contributed by atoms with Crippen LogP contribution in [0.2, 0.25) is 0 Å². The van der Waals surface area contributed by atoms with Crippen LogP contribution in [0.3, 0.4) is 0 Å². The summed E-state index contributed by atoms with van der Waals surface area (Å²) in [6.07, 6.45) is 1.02. The van der Waals surface area contributed by atoms with Gasteiger partial charge in [0.2, 0.25) is 0 Å². The van der Waals surface area contributed by atoms with Crippen molar-refractivity contribution in [1.82, 2.24) is 10.6 Å². The van der Waals surface area contributed by atoms with Crippen LogP contribution < -0.4 is 16.0 Å². The molecule has 5 heteroatoms. The average Bonchev–Trinajstić information content (AvgIpc) is 2.80. The van der Waals surface area contributed by atoms with Crippen LogP contribution in [-0.2, 0) is 11.2 Å². The summed E-state index contributed by atoms with van der Waals surface area (Å²) in [5.41, 5.74) is 5.26. The molecule has 0 aliphatic carbocycles. The Morgan fingerprint density at radius 3 is 2.19 bits per heavy atom. The number of hydrogen-bond donors (Lipinski definition) is 3. The second-order valence-electron chi connectivity index (χ2n) is 8.35. The highest BCUT2D eigenvalue weighted by Crippen LogP contribution is 2.32. The molecule has 162 valence electrons. The first-order valence-corrected chi connectivity index (χ1v) is 11.2. The van der Waals surface area contributed by atoms with E-state index in [1.54, 1.807) is 0 Å². The van der Waals surface area contributed by atoms with Crippen molar-refractivity contribution in [2.24, 2.45) is 5.92 Å². The molecule has 0 aromatic heterocycles. The van der Waals surface area contributed by atoms with Gasteiger partial charge >= 0.3 is 0 Å². The maximum Gasteiger partial charge on any atom is 0.256 e. The van der Waals surface area contributed by atoms with Gasteiger partial charge in [-0.1, -0.05) is 86.6 Å². The number of para-hydroxylation sites is 1. The van der Waals surface area contributed by atoms with E-state index in [1.165, 1.54) is 5.56 Å². The van der Waals surface area contributed by atoms with Gasteiger partial charge in [0, 0.05) is 5.69 Å². The lowest BCUT2D eigenvalue weighted by atomic mass is 9.91. The van der Waals surface area contributed by atoms with E-state index in [1.807, 2.05) is 60.7 Å². The van der Waals surface area contributed by atoms with Crippen LogP contribution in [0.5, 0.6) is 0 Å². The fourth-order valence-electron chi connectivity index (χ4n) is 3.93. The van der Waals surface area contributed by atoms with Crippen molar-refractivity contribution >= 4 is 34.6 Å². The van der Waals surface area contributed by atoms with E-state index < -0.39 is 0 Å². The summed E-state index contributed by atoms with van der Waals surface area (Å²) in [5, 5.41) is 10.1. The summed E-state index contributed by atoms with van der Waals surface area (Å²) in [6, 6.07) is 27.4. The second-order valence-corrected chi connectivity index (χ2v) is 8.75. The molecule has 0 saturated carbocycles. The van der Waals surface area contributed by atoms with E-state index in [0.29, 0.717) is 16.6 Å². The number of anilines is 1. The molecule has 1 heterocycles. The predicted octanol–water partition coefficient (Wildman–Crippen LogP) is 5.45. The molecule has 1 amide bonds. The van der Waals surface area contributed by atoms with Gasteiger partial charge in [-0.25, -0.2) is 0 Å². The smallest absolute Gasteiger partial charge is 0.256 e. The van der Waals surface area contributed by atoms with Crippen LogP contribution in [-0.4, -0.2) is 11.0 Å². The van der Waals surface area contributed by atoms with Gasteiger partial charge in [0.15, 0.2) is 5.11 Å². The third-order valence-corrected chi connectivity index (χ3v) is 5.59. The quantitative estimate of drug-likeness (QED) is 0.445. The zero-order chi connectivity index (χ0) is 22.5. The Balaban J connectivity index is 1.77. The fraction of sp³-hybridized carbons (Fsp3) is 0.185. The van der Waals surface area contributed by atoms with Crippen LogP contribution in [0, 0.1) is 5.92 Å². The maximum atomic E-state index is 13.6. The van der Waals surface area contributed by atoms with Crippen molar-refractivity contribution in [3.8, 4) is 0 Å². The van der Waals surface area contributed by atoms with Crippen LogP contribution in [0.15, 0.2) is 90.5 Å². The van der Waals surface area contributed by atoms with Crippen molar-refractivity contribution < 1.29 is 4.79 Å². The van der Waals surface area contributed by atoms with Gasteiger partial charge in [-0.15, -0.1) is 0 Å². The van der Waals surface area contributed by atoms with Gasteiger partial charge in [0.1, 0.15) is 0 Å². The molecule has 0 bridgehead atoms. The van der Waals surface area contributed by atoms with E-state index in [2.05, 4.69) is 54.1 Å². The molecule has 32 heavy (non-hydrogen) atoms. The summed E-state index contributed by atoms with van der Waals surface area (Å²) < 4.78 is 0. The van der Waals surface area contributed by atoms with E-state index in [0.717, 1.165) is 28.9 Å². The summed E-state index contributed by atoms with van der Waals surface area (Å²) in [4.78, 5) is 13.6. The van der Waals surface area contributed by atoms with Gasteiger partial charge in [-0.3, -0.25) is 4.79 Å². The zero-order valence-electron chi connectivity index (χ0n) is 18.3. The van der Waals surface area contributed by atoms with Crippen molar-refractivity contribution in [1.29, 1.82) is 0 Å². The van der Waals surface area contributed by atoms with E-state index >= 15 is 0 Å². The Labute approximate surface area is 194 Å². The van der Waals surface area contributed by atoms with Crippen LogP contribution in [0.25, 0.3) is 5.70 Å². The Morgan fingerprint density at radius 2 is 1.56 bits per heavy atom. The summed E-state index contributed by atoms with van der Waals surface area (Å²) in [7, 11) is 0. The Kier molecular flexibility index (Phi) is 6.66. The normalized spacial score (nSPS) is 15.8. The first kappa shape index (κ1) is 21.8. The number of benzene rings is 3. The van der Waals surface area contributed by atoms with Gasteiger partial charge < -0.3 is 16.0 Å². The lowest BCUT2D eigenvalue weighted by Crippen LogP contribution is -2.45. The number of rotatable bonds is 6. The number of amides is 1. The largest absolute Gasteiger partial charge is 0.351 e. The third kappa shape index (κ3) is 5.06. The molecule has 0 fully saturated rings. The molecule has 4 nitrogen and oxygen atoms in total. The molecule has 3 aromatic carbocycles. The van der Waals surface area contributed by atoms with Crippen LogP contribution in [0.4, 0.5) is 5.69 Å². The molecule has 4 rings (SSSR count). The molecule has 3 N–H and O–H groups in total. The lowest BCUT2D eigenvalue weighted by molar-refractivity contribution is -0.113. The van der Waals surface area contributed by atoms with Gasteiger partial charge in [-0.2, -0.15) is 0 Å². The van der Waals surface area contributed by atoms with E-state index in [4.69, 9.17) is 12.2 Å². The van der Waals surface area contributed by atoms with E-state index in [9.17, 15) is 4.79 Å². The third-order valence-electron chi connectivity index (χ3n) is 5.37. The zero-order valence-corrected chi connectivity index (χ0v) is 19.1. The highest BCUT2D eigenvalue weighted by Gasteiger charge is 2.32. The van der Waals surface area contributed by atoms with Crippen LogP contribution in [0.1, 0.15) is 36.6 Å². The molecule has 0 saturated heterocycles. The number of nitrogens with one attached hydrogen (secondary N) is 3. The standard InChI is InChI=1S/C27H27N3OS/c1-18(2)17-19-13-15-21(16-14-19)25-23(26(31)28-22-11-7-4-8-12-22)24(29-27(32)30-25)20-9-5-3-6-10-20/h3-16,18,25H,17H2,1-2H3,(H,28,31)(H2,29,30,32). The van der Waals surface area contributed by atoms with Gasteiger partial charge in [-0.05, 0) is 53.4 Å². The van der Waals surface area contributed by atoms with Gasteiger partial charge in [0.05, 0.1) is 17.3 Å². The summed E-state index contributed by atoms with van der Waals surface area (Å²) in [5.74, 6) is 0.413. The molecule has 1 aliphatic rings. The number of carbonyl (C=O) groups excluding carboxylic acids is 1. The van der Waals surface area contributed by atoms with Crippen molar-refractivity contribution in [2.45, 2.75) is 26.3 Å². The molecular formula is C27H27N3OS. The minimum atomic E-state index is -0.365. The summed E-state index contributed by atoms with van der Waals surface area (Å²) in [6.45, 7) is 4.42. The molecule has 1 unspecified atom stereocenters. The minimum Gasteiger partial charge on any atom is -0.351 e. The average molecular weight is 442 g/mol. The van der Waals surface area contributed by atoms with E-state index in [-0.39, 0.29) is 11.9 Å². The Bertz CT molecular complexity index is 1120. The molecule has 3 aromatic rings. The minimum absolute atomic E-state index is 0.172. The van der Waals surface area contributed by atoms with Gasteiger partial charge in [0.25, 0.3) is 5.91 Å². The van der Waals surface area contributed by atoms with Crippen LogP contribution >= 0.6 is 12.2 Å². The molecular weight excluding hydrogens is 414 g/mol. The molecule has 0 radical (unpaired) electrons. The molecule has 0 spiro atoms. The lowest BCUT2D eigenvalue weighted by Gasteiger charge is -2.32. The monoisotopic (exact) mass is 441 g/mol. The number of carbonyl (C=O) groups is 1.